The first kappa shape index (κ1) is 15.0. The second-order valence-corrected chi connectivity index (χ2v) is 8.24. The van der Waals surface area contributed by atoms with Crippen molar-refractivity contribution in [2.75, 3.05) is 6.54 Å². The molecule has 2 atom stereocenters. The van der Waals surface area contributed by atoms with Crippen LogP contribution in [0.3, 0.4) is 0 Å². The van der Waals surface area contributed by atoms with Gasteiger partial charge >= 0.3 is 0 Å². The Morgan fingerprint density at radius 1 is 1.32 bits per heavy atom. The maximum absolute atomic E-state index is 12.7. The topological polar surface area (TPSA) is 37.4 Å². The van der Waals surface area contributed by atoms with E-state index in [1.807, 2.05) is 26.0 Å². The quantitative estimate of drug-likeness (QED) is 0.821. The first-order chi connectivity index (χ1) is 8.82. The Morgan fingerprint density at radius 3 is 2.58 bits per heavy atom. The largest absolute Gasteiger partial charge is 0.244 e. The molecule has 1 aliphatic rings. The zero-order chi connectivity index (χ0) is 14.2. The van der Waals surface area contributed by atoms with E-state index in [-0.39, 0.29) is 6.04 Å². The third-order valence-electron chi connectivity index (χ3n) is 3.75. The van der Waals surface area contributed by atoms with E-state index < -0.39 is 10.0 Å². The molecular weight excluding hydrogens is 326 g/mol. The molecule has 1 fully saturated rings. The van der Waals surface area contributed by atoms with Gasteiger partial charge in [-0.2, -0.15) is 4.31 Å². The van der Waals surface area contributed by atoms with E-state index >= 15 is 0 Å². The molecule has 2 rings (SSSR count). The van der Waals surface area contributed by atoms with Crippen LogP contribution < -0.4 is 0 Å². The van der Waals surface area contributed by atoms with Crippen LogP contribution in [-0.4, -0.2) is 25.3 Å². The molecule has 19 heavy (non-hydrogen) atoms. The molecule has 5 heteroatoms. The van der Waals surface area contributed by atoms with Crippen LogP contribution >= 0.6 is 15.9 Å². The lowest BCUT2D eigenvalue weighted by Crippen LogP contribution is -2.44. The number of aryl methyl sites for hydroxylation is 1. The summed E-state index contributed by atoms with van der Waals surface area (Å²) in [4.78, 5) is 0.375. The number of benzene rings is 1. The highest BCUT2D eigenvalue weighted by atomic mass is 79.9. The number of hydrogen-bond acceptors (Lipinski definition) is 2. The normalized spacial score (nSPS) is 25.5. The molecular formula is C14H20BrNO2S. The van der Waals surface area contributed by atoms with Crippen molar-refractivity contribution in [3.8, 4) is 0 Å². The second-order valence-electron chi connectivity index (χ2n) is 5.53. The van der Waals surface area contributed by atoms with Crippen LogP contribution in [0.4, 0.5) is 0 Å². The van der Waals surface area contributed by atoms with Gasteiger partial charge < -0.3 is 0 Å². The van der Waals surface area contributed by atoms with Gasteiger partial charge in [0.15, 0.2) is 0 Å². The standard InChI is InChI=1S/C14H20BrNO2S/c1-10-4-5-14(13(15)9-10)19(17,18)16-7-6-11(2)8-12(16)3/h4-5,9,11-12H,6-8H2,1-3H3. The summed E-state index contributed by atoms with van der Waals surface area (Å²) in [5.74, 6) is 0.600. The van der Waals surface area contributed by atoms with E-state index in [0.717, 1.165) is 18.4 Å². The molecule has 106 valence electrons. The Bertz CT molecular complexity index is 571. The summed E-state index contributed by atoms with van der Waals surface area (Å²) in [6.45, 7) is 6.74. The zero-order valence-corrected chi connectivity index (χ0v) is 14.0. The van der Waals surface area contributed by atoms with E-state index in [0.29, 0.717) is 21.8 Å². The molecule has 0 spiro atoms. The van der Waals surface area contributed by atoms with E-state index in [4.69, 9.17) is 0 Å². The number of hydrogen-bond donors (Lipinski definition) is 0. The van der Waals surface area contributed by atoms with Gasteiger partial charge in [-0.15, -0.1) is 0 Å². The van der Waals surface area contributed by atoms with Gasteiger partial charge in [-0.1, -0.05) is 13.0 Å². The summed E-state index contributed by atoms with van der Waals surface area (Å²) >= 11 is 3.38. The fourth-order valence-electron chi connectivity index (χ4n) is 2.68. The van der Waals surface area contributed by atoms with Crippen LogP contribution in [0.5, 0.6) is 0 Å². The van der Waals surface area contributed by atoms with Crippen molar-refractivity contribution < 1.29 is 8.42 Å². The van der Waals surface area contributed by atoms with Crippen molar-refractivity contribution in [1.82, 2.24) is 4.31 Å². The van der Waals surface area contributed by atoms with Crippen molar-refractivity contribution >= 4 is 26.0 Å². The van der Waals surface area contributed by atoms with Crippen LogP contribution in [0.25, 0.3) is 0 Å². The lowest BCUT2D eigenvalue weighted by atomic mass is 9.95. The van der Waals surface area contributed by atoms with Gasteiger partial charge in [-0.3, -0.25) is 0 Å². The van der Waals surface area contributed by atoms with E-state index in [1.165, 1.54) is 0 Å². The van der Waals surface area contributed by atoms with Gasteiger partial charge in [-0.25, -0.2) is 8.42 Å². The number of halogens is 1. The molecule has 1 aliphatic heterocycles. The van der Waals surface area contributed by atoms with Crippen LogP contribution in [0.15, 0.2) is 27.6 Å². The minimum absolute atomic E-state index is 0.0713. The van der Waals surface area contributed by atoms with Crippen LogP contribution in [0, 0.1) is 12.8 Å². The Labute approximate surface area is 124 Å². The summed E-state index contributed by atoms with van der Waals surface area (Å²) in [5.41, 5.74) is 1.05. The van der Waals surface area contributed by atoms with Gasteiger partial charge in [0.05, 0.1) is 4.90 Å². The van der Waals surface area contributed by atoms with Crippen molar-refractivity contribution in [2.45, 2.75) is 44.6 Å². The summed E-state index contributed by atoms with van der Waals surface area (Å²) in [6, 6.07) is 5.46. The molecule has 0 bridgehead atoms. The molecule has 1 aromatic rings. The average molecular weight is 346 g/mol. The lowest BCUT2D eigenvalue weighted by molar-refractivity contribution is 0.220. The SMILES string of the molecule is Cc1ccc(S(=O)(=O)N2CCC(C)CC2C)c(Br)c1. The Hall–Kier alpha value is -0.390. The Morgan fingerprint density at radius 2 is 2.00 bits per heavy atom. The molecule has 1 heterocycles. The summed E-state index contributed by atoms with van der Waals surface area (Å²) in [6.07, 6.45) is 1.87. The highest BCUT2D eigenvalue weighted by molar-refractivity contribution is 9.10. The Kier molecular flexibility index (Phi) is 4.38. The van der Waals surface area contributed by atoms with Gasteiger partial charge in [-0.05, 0) is 66.2 Å². The minimum atomic E-state index is -3.40. The maximum atomic E-state index is 12.7. The summed E-state index contributed by atoms with van der Waals surface area (Å²) in [5, 5.41) is 0. The summed E-state index contributed by atoms with van der Waals surface area (Å²) < 4.78 is 27.8. The predicted molar refractivity (Wildman–Crippen MR) is 80.6 cm³/mol. The van der Waals surface area contributed by atoms with Gasteiger partial charge in [0, 0.05) is 17.1 Å². The molecule has 0 radical (unpaired) electrons. The van der Waals surface area contributed by atoms with Crippen molar-refractivity contribution in [2.24, 2.45) is 5.92 Å². The third kappa shape index (κ3) is 3.03. The zero-order valence-electron chi connectivity index (χ0n) is 11.6. The van der Waals surface area contributed by atoms with Gasteiger partial charge in [0.1, 0.15) is 0 Å². The summed E-state index contributed by atoms with van der Waals surface area (Å²) in [7, 11) is -3.40. The number of piperidine rings is 1. The minimum Gasteiger partial charge on any atom is -0.207 e. The number of nitrogens with zero attached hydrogens (tertiary/aromatic N) is 1. The van der Waals surface area contributed by atoms with Gasteiger partial charge in [0.25, 0.3) is 0 Å². The molecule has 1 aromatic carbocycles. The van der Waals surface area contributed by atoms with Gasteiger partial charge in [0.2, 0.25) is 10.0 Å². The second kappa shape index (κ2) is 5.54. The Balaban J connectivity index is 2.37. The van der Waals surface area contributed by atoms with Crippen molar-refractivity contribution in [3.05, 3.63) is 28.2 Å². The lowest BCUT2D eigenvalue weighted by Gasteiger charge is -2.35. The average Bonchev–Trinajstić information content (AvgIpc) is 2.27. The smallest absolute Gasteiger partial charge is 0.207 e. The molecule has 1 saturated heterocycles. The highest BCUT2D eigenvalue weighted by Gasteiger charge is 2.34. The fraction of sp³-hybridized carbons (Fsp3) is 0.571. The molecule has 0 aromatic heterocycles. The van der Waals surface area contributed by atoms with E-state index in [1.54, 1.807) is 10.4 Å². The fourth-order valence-corrected chi connectivity index (χ4v) is 5.49. The predicted octanol–water partition coefficient (Wildman–Crippen LogP) is 3.57. The molecule has 0 amide bonds. The first-order valence-corrected chi connectivity index (χ1v) is 8.83. The number of rotatable bonds is 2. The van der Waals surface area contributed by atoms with Crippen molar-refractivity contribution in [3.63, 3.8) is 0 Å². The van der Waals surface area contributed by atoms with E-state index in [2.05, 4.69) is 22.9 Å². The third-order valence-corrected chi connectivity index (χ3v) is 6.74. The maximum Gasteiger partial charge on any atom is 0.244 e. The number of sulfonamides is 1. The monoisotopic (exact) mass is 345 g/mol. The highest BCUT2D eigenvalue weighted by Crippen LogP contribution is 2.31. The van der Waals surface area contributed by atoms with Crippen LogP contribution in [-0.2, 0) is 10.0 Å². The molecule has 0 N–H and O–H groups in total. The molecule has 2 unspecified atom stereocenters. The molecule has 0 aliphatic carbocycles. The van der Waals surface area contributed by atoms with E-state index in [9.17, 15) is 8.42 Å². The van der Waals surface area contributed by atoms with Crippen LogP contribution in [0.2, 0.25) is 0 Å². The van der Waals surface area contributed by atoms with Crippen molar-refractivity contribution in [1.29, 1.82) is 0 Å². The molecule has 3 nitrogen and oxygen atoms in total. The first-order valence-electron chi connectivity index (χ1n) is 6.60. The van der Waals surface area contributed by atoms with Crippen LogP contribution in [0.1, 0.15) is 32.3 Å². The molecule has 0 saturated carbocycles.